The third kappa shape index (κ3) is 1.28. The number of hydrogen-bond acceptors (Lipinski definition) is 3. The first-order valence-corrected chi connectivity index (χ1v) is 4.21. The van der Waals surface area contributed by atoms with E-state index in [0.29, 0.717) is 6.54 Å². The van der Waals surface area contributed by atoms with Gasteiger partial charge in [0.15, 0.2) is 0 Å². The molecule has 2 N–H and O–H groups in total. The number of nitrogens with zero attached hydrogens (tertiary/aromatic N) is 1. The molecule has 1 aromatic rings. The van der Waals surface area contributed by atoms with Gasteiger partial charge in [-0.3, -0.25) is 0 Å². The minimum atomic E-state index is 0.160. The van der Waals surface area contributed by atoms with Gasteiger partial charge in [0.1, 0.15) is 6.10 Å². The fourth-order valence-corrected chi connectivity index (χ4v) is 1.42. The van der Waals surface area contributed by atoms with Crippen LogP contribution in [-0.4, -0.2) is 17.6 Å². The largest absolute Gasteiger partial charge is 0.473 e. The Morgan fingerprint density at radius 2 is 2.58 bits per heavy atom. The van der Waals surface area contributed by atoms with Gasteiger partial charge in [-0.15, -0.1) is 0 Å². The molecule has 0 fully saturated rings. The standard InChI is InChI=1S/C9H12N2O/c10-6-8-4-3-7-2-1-5-11-9(7)12-8/h1-2,5,8H,3-4,6,10H2. The zero-order chi connectivity index (χ0) is 8.39. The van der Waals surface area contributed by atoms with E-state index < -0.39 is 0 Å². The van der Waals surface area contributed by atoms with E-state index in [1.54, 1.807) is 6.20 Å². The zero-order valence-corrected chi connectivity index (χ0v) is 6.86. The fraction of sp³-hybridized carbons (Fsp3) is 0.444. The molecule has 0 aromatic carbocycles. The second kappa shape index (κ2) is 3.11. The highest BCUT2D eigenvalue weighted by Gasteiger charge is 2.18. The van der Waals surface area contributed by atoms with Crippen molar-refractivity contribution in [2.75, 3.05) is 6.54 Å². The minimum absolute atomic E-state index is 0.160. The van der Waals surface area contributed by atoms with Gasteiger partial charge in [-0.25, -0.2) is 4.98 Å². The molecule has 3 heteroatoms. The van der Waals surface area contributed by atoms with Gasteiger partial charge in [0.2, 0.25) is 5.88 Å². The molecule has 2 rings (SSSR count). The van der Waals surface area contributed by atoms with Crippen molar-refractivity contribution in [2.45, 2.75) is 18.9 Å². The Bertz CT molecular complexity index is 275. The van der Waals surface area contributed by atoms with Gasteiger partial charge >= 0.3 is 0 Å². The first kappa shape index (κ1) is 7.55. The second-order valence-electron chi connectivity index (χ2n) is 2.98. The van der Waals surface area contributed by atoms with Crippen molar-refractivity contribution in [1.29, 1.82) is 0 Å². The predicted octanol–water partition coefficient (Wildman–Crippen LogP) is 0.734. The van der Waals surface area contributed by atoms with E-state index in [-0.39, 0.29) is 6.10 Å². The molecule has 0 bridgehead atoms. The van der Waals surface area contributed by atoms with E-state index in [1.165, 1.54) is 5.56 Å². The number of rotatable bonds is 1. The van der Waals surface area contributed by atoms with Crippen molar-refractivity contribution in [2.24, 2.45) is 5.73 Å². The summed E-state index contributed by atoms with van der Waals surface area (Å²) in [4.78, 5) is 4.14. The van der Waals surface area contributed by atoms with Gasteiger partial charge < -0.3 is 10.5 Å². The average Bonchev–Trinajstić information content (AvgIpc) is 2.17. The third-order valence-corrected chi connectivity index (χ3v) is 2.13. The summed E-state index contributed by atoms with van der Waals surface area (Å²) in [6, 6.07) is 3.99. The van der Waals surface area contributed by atoms with Crippen molar-refractivity contribution < 1.29 is 4.74 Å². The first-order valence-electron chi connectivity index (χ1n) is 4.21. The molecule has 1 atom stereocenters. The van der Waals surface area contributed by atoms with Crippen LogP contribution in [0.15, 0.2) is 18.3 Å². The molecule has 0 saturated heterocycles. The molecular formula is C9H12N2O. The molecule has 12 heavy (non-hydrogen) atoms. The smallest absolute Gasteiger partial charge is 0.216 e. The molecule has 0 amide bonds. The van der Waals surface area contributed by atoms with Crippen LogP contribution in [0.25, 0.3) is 0 Å². The summed E-state index contributed by atoms with van der Waals surface area (Å²) in [5, 5.41) is 0. The van der Waals surface area contributed by atoms with Gasteiger partial charge in [0.25, 0.3) is 0 Å². The fourth-order valence-electron chi connectivity index (χ4n) is 1.42. The minimum Gasteiger partial charge on any atom is -0.473 e. The van der Waals surface area contributed by atoms with E-state index in [4.69, 9.17) is 10.5 Å². The summed E-state index contributed by atoms with van der Waals surface area (Å²) in [6.07, 6.45) is 3.95. The maximum atomic E-state index is 5.54. The van der Waals surface area contributed by atoms with Crippen LogP contribution < -0.4 is 10.5 Å². The molecule has 1 aromatic heterocycles. The van der Waals surface area contributed by atoms with Crippen molar-refractivity contribution >= 4 is 0 Å². The number of pyridine rings is 1. The summed E-state index contributed by atoms with van der Waals surface area (Å²) >= 11 is 0. The van der Waals surface area contributed by atoms with Gasteiger partial charge in [-0.05, 0) is 18.9 Å². The monoisotopic (exact) mass is 164 g/mol. The predicted molar refractivity (Wildman–Crippen MR) is 46.0 cm³/mol. The van der Waals surface area contributed by atoms with Crippen molar-refractivity contribution in [3.05, 3.63) is 23.9 Å². The molecule has 1 aliphatic rings. The Balaban J connectivity index is 2.23. The highest BCUT2D eigenvalue weighted by atomic mass is 16.5. The van der Waals surface area contributed by atoms with Crippen LogP contribution >= 0.6 is 0 Å². The lowest BCUT2D eigenvalue weighted by Gasteiger charge is -2.23. The van der Waals surface area contributed by atoms with E-state index in [0.717, 1.165) is 18.7 Å². The molecule has 64 valence electrons. The molecular weight excluding hydrogens is 152 g/mol. The first-order chi connectivity index (χ1) is 5.90. The average molecular weight is 164 g/mol. The van der Waals surface area contributed by atoms with Crippen LogP contribution in [0.3, 0.4) is 0 Å². The molecule has 1 unspecified atom stereocenters. The van der Waals surface area contributed by atoms with Gasteiger partial charge in [-0.2, -0.15) is 0 Å². The molecule has 0 aliphatic carbocycles. The number of aromatic nitrogens is 1. The lowest BCUT2D eigenvalue weighted by atomic mass is 10.1. The van der Waals surface area contributed by atoms with Crippen LogP contribution in [0.5, 0.6) is 5.88 Å². The molecule has 1 aliphatic heterocycles. The Morgan fingerprint density at radius 3 is 3.42 bits per heavy atom. The summed E-state index contributed by atoms with van der Waals surface area (Å²) in [5.41, 5.74) is 6.70. The SMILES string of the molecule is NCC1CCc2cccnc2O1. The van der Waals surface area contributed by atoms with Crippen molar-refractivity contribution in [3.63, 3.8) is 0 Å². The summed E-state index contributed by atoms with van der Waals surface area (Å²) in [7, 11) is 0. The van der Waals surface area contributed by atoms with E-state index in [2.05, 4.69) is 11.1 Å². The zero-order valence-electron chi connectivity index (χ0n) is 6.86. The van der Waals surface area contributed by atoms with Gasteiger partial charge in [0, 0.05) is 18.3 Å². The molecule has 0 saturated carbocycles. The lowest BCUT2D eigenvalue weighted by Crippen LogP contribution is -2.30. The number of hydrogen-bond donors (Lipinski definition) is 1. The van der Waals surface area contributed by atoms with Crippen LogP contribution in [-0.2, 0) is 6.42 Å². The Kier molecular flexibility index (Phi) is 1.96. The number of nitrogens with two attached hydrogens (primary N) is 1. The second-order valence-corrected chi connectivity index (χ2v) is 2.98. The van der Waals surface area contributed by atoms with E-state index in [9.17, 15) is 0 Å². The lowest BCUT2D eigenvalue weighted by molar-refractivity contribution is 0.173. The Labute approximate surface area is 71.6 Å². The normalized spacial score (nSPS) is 21.2. The van der Waals surface area contributed by atoms with Gasteiger partial charge in [0.05, 0.1) is 0 Å². The Morgan fingerprint density at radius 1 is 1.67 bits per heavy atom. The number of fused-ring (bicyclic) bond motifs is 1. The van der Waals surface area contributed by atoms with Crippen molar-refractivity contribution in [1.82, 2.24) is 4.98 Å². The van der Waals surface area contributed by atoms with E-state index >= 15 is 0 Å². The van der Waals surface area contributed by atoms with Gasteiger partial charge in [-0.1, -0.05) is 6.07 Å². The molecule has 3 nitrogen and oxygen atoms in total. The summed E-state index contributed by atoms with van der Waals surface area (Å²) in [6.45, 7) is 0.579. The molecule has 0 spiro atoms. The maximum absolute atomic E-state index is 5.54. The highest BCUT2D eigenvalue weighted by Crippen LogP contribution is 2.23. The topological polar surface area (TPSA) is 48.1 Å². The quantitative estimate of drug-likeness (QED) is 0.665. The summed E-state index contributed by atoms with van der Waals surface area (Å²) in [5.74, 6) is 0.763. The third-order valence-electron chi connectivity index (χ3n) is 2.13. The van der Waals surface area contributed by atoms with Crippen molar-refractivity contribution in [3.8, 4) is 5.88 Å². The highest BCUT2D eigenvalue weighted by molar-refractivity contribution is 5.27. The van der Waals surface area contributed by atoms with Crippen LogP contribution in [0.1, 0.15) is 12.0 Å². The maximum Gasteiger partial charge on any atom is 0.216 e. The van der Waals surface area contributed by atoms with Crippen LogP contribution in [0.2, 0.25) is 0 Å². The van der Waals surface area contributed by atoms with Crippen LogP contribution in [0.4, 0.5) is 0 Å². The number of aryl methyl sites for hydroxylation is 1. The molecule has 0 radical (unpaired) electrons. The van der Waals surface area contributed by atoms with Crippen LogP contribution in [0, 0.1) is 0 Å². The Hall–Kier alpha value is -1.09. The van der Waals surface area contributed by atoms with E-state index in [1.807, 2.05) is 6.07 Å². The number of ether oxygens (including phenoxy) is 1. The summed E-state index contributed by atoms with van der Waals surface area (Å²) < 4.78 is 5.54. The molecule has 2 heterocycles.